The Morgan fingerprint density at radius 2 is 1.57 bits per heavy atom. The molecular formula is C19H30O4. The SMILES string of the molecule is CC1=C(COC(=O)CCC(=O)OCC2CCCCC2)CCCC1. The fourth-order valence-corrected chi connectivity index (χ4v) is 3.39. The normalized spacial score (nSPS) is 19.5. The van der Waals surface area contributed by atoms with Crippen molar-refractivity contribution < 1.29 is 19.1 Å². The number of hydrogen-bond acceptors (Lipinski definition) is 4. The molecule has 0 heterocycles. The van der Waals surface area contributed by atoms with Crippen LogP contribution < -0.4 is 0 Å². The molecule has 0 aliphatic heterocycles. The van der Waals surface area contributed by atoms with Gasteiger partial charge in [0.25, 0.3) is 0 Å². The summed E-state index contributed by atoms with van der Waals surface area (Å²) in [6.07, 6.45) is 10.9. The summed E-state index contributed by atoms with van der Waals surface area (Å²) in [5.41, 5.74) is 2.61. The quantitative estimate of drug-likeness (QED) is 0.517. The van der Waals surface area contributed by atoms with Crippen LogP contribution in [0.4, 0.5) is 0 Å². The number of esters is 2. The number of hydrogen-bond donors (Lipinski definition) is 0. The van der Waals surface area contributed by atoms with E-state index in [0.29, 0.717) is 19.1 Å². The first-order valence-corrected chi connectivity index (χ1v) is 9.14. The van der Waals surface area contributed by atoms with Crippen LogP contribution in [0.15, 0.2) is 11.1 Å². The van der Waals surface area contributed by atoms with E-state index < -0.39 is 0 Å². The maximum absolute atomic E-state index is 11.8. The molecule has 1 fully saturated rings. The first-order chi connectivity index (χ1) is 11.1. The van der Waals surface area contributed by atoms with Crippen molar-refractivity contribution in [2.45, 2.75) is 77.6 Å². The van der Waals surface area contributed by atoms with E-state index in [1.54, 1.807) is 0 Å². The first kappa shape index (κ1) is 18.0. The number of carbonyl (C=O) groups excluding carboxylic acids is 2. The van der Waals surface area contributed by atoms with E-state index in [4.69, 9.17) is 9.47 Å². The molecule has 0 unspecified atom stereocenters. The fraction of sp³-hybridized carbons (Fsp3) is 0.789. The van der Waals surface area contributed by atoms with Gasteiger partial charge in [-0.15, -0.1) is 0 Å². The summed E-state index contributed by atoms with van der Waals surface area (Å²) in [7, 11) is 0. The van der Waals surface area contributed by atoms with Crippen LogP contribution in [0, 0.1) is 5.92 Å². The molecule has 1 saturated carbocycles. The van der Waals surface area contributed by atoms with Crippen LogP contribution >= 0.6 is 0 Å². The summed E-state index contributed by atoms with van der Waals surface area (Å²) >= 11 is 0. The van der Waals surface area contributed by atoms with E-state index in [2.05, 4.69) is 6.92 Å². The van der Waals surface area contributed by atoms with Gasteiger partial charge < -0.3 is 9.47 Å². The average molecular weight is 322 g/mol. The van der Waals surface area contributed by atoms with Crippen LogP contribution in [-0.4, -0.2) is 25.2 Å². The standard InChI is InChI=1S/C19H30O4/c1-15-7-5-6-10-17(15)14-23-19(21)12-11-18(20)22-13-16-8-3-2-4-9-16/h16H,2-14H2,1H3. The Kier molecular flexibility index (Phi) is 7.63. The van der Waals surface area contributed by atoms with Crippen molar-refractivity contribution in [3.05, 3.63) is 11.1 Å². The van der Waals surface area contributed by atoms with E-state index in [1.165, 1.54) is 43.3 Å². The lowest BCUT2D eigenvalue weighted by molar-refractivity contribution is -0.150. The smallest absolute Gasteiger partial charge is 0.306 e. The Labute approximate surface area is 139 Å². The Hall–Kier alpha value is -1.32. The van der Waals surface area contributed by atoms with Gasteiger partial charge in [-0.1, -0.05) is 24.8 Å². The van der Waals surface area contributed by atoms with Crippen molar-refractivity contribution in [1.82, 2.24) is 0 Å². The van der Waals surface area contributed by atoms with Gasteiger partial charge >= 0.3 is 11.9 Å². The van der Waals surface area contributed by atoms with Gasteiger partial charge in [0, 0.05) is 0 Å². The maximum atomic E-state index is 11.8. The molecule has 0 atom stereocenters. The molecule has 2 aliphatic rings. The molecule has 4 nitrogen and oxygen atoms in total. The molecule has 0 spiro atoms. The van der Waals surface area contributed by atoms with Gasteiger partial charge in [-0.05, 0) is 56.9 Å². The third-order valence-corrected chi connectivity index (χ3v) is 5.03. The molecule has 0 aromatic carbocycles. The predicted molar refractivity (Wildman–Crippen MR) is 88.9 cm³/mol. The highest BCUT2D eigenvalue weighted by atomic mass is 16.5. The van der Waals surface area contributed by atoms with Crippen LogP contribution in [-0.2, 0) is 19.1 Å². The lowest BCUT2D eigenvalue weighted by Crippen LogP contribution is -2.18. The van der Waals surface area contributed by atoms with Crippen molar-refractivity contribution in [1.29, 1.82) is 0 Å². The zero-order valence-corrected chi connectivity index (χ0v) is 14.4. The van der Waals surface area contributed by atoms with Gasteiger partial charge in [-0.25, -0.2) is 0 Å². The van der Waals surface area contributed by atoms with Gasteiger partial charge in [0.1, 0.15) is 6.61 Å². The Morgan fingerprint density at radius 1 is 0.913 bits per heavy atom. The highest BCUT2D eigenvalue weighted by Gasteiger charge is 2.17. The number of rotatable bonds is 7. The summed E-state index contributed by atoms with van der Waals surface area (Å²) in [6.45, 7) is 3.02. The highest BCUT2D eigenvalue weighted by Crippen LogP contribution is 2.25. The Bertz CT molecular complexity index is 433. The van der Waals surface area contributed by atoms with Gasteiger partial charge in [-0.3, -0.25) is 9.59 Å². The number of allylic oxidation sites excluding steroid dienone is 1. The molecule has 0 N–H and O–H groups in total. The minimum absolute atomic E-state index is 0.121. The average Bonchev–Trinajstić information content (AvgIpc) is 2.58. The molecule has 0 saturated heterocycles. The minimum Gasteiger partial charge on any atom is -0.465 e. The van der Waals surface area contributed by atoms with Gasteiger partial charge in [0.05, 0.1) is 19.4 Å². The fourth-order valence-electron chi connectivity index (χ4n) is 3.39. The topological polar surface area (TPSA) is 52.6 Å². The monoisotopic (exact) mass is 322 g/mol. The summed E-state index contributed by atoms with van der Waals surface area (Å²) in [4.78, 5) is 23.5. The van der Waals surface area contributed by atoms with E-state index in [-0.39, 0.29) is 24.8 Å². The zero-order valence-electron chi connectivity index (χ0n) is 14.4. The molecule has 2 aliphatic carbocycles. The van der Waals surface area contributed by atoms with Gasteiger partial charge in [-0.2, -0.15) is 0 Å². The van der Waals surface area contributed by atoms with Crippen molar-refractivity contribution in [2.75, 3.05) is 13.2 Å². The molecule has 130 valence electrons. The second kappa shape index (κ2) is 9.74. The van der Waals surface area contributed by atoms with E-state index in [9.17, 15) is 9.59 Å². The third-order valence-electron chi connectivity index (χ3n) is 5.03. The van der Waals surface area contributed by atoms with Crippen molar-refractivity contribution >= 4 is 11.9 Å². The number of ether oxygens (including phenoxy) is 2. The van der Waals surface area contributed by atoms with Gasteiger partial charge in [0.2, 0.25) is 0 Å². The molecule has 0 bridgehead atoms. The van der Waals surface area contributed by atoms with Crippen LogP contribution in [0.25, 0.3) is 0 Å². The molecule has 23 heavy (non-hydrogen) atoms. The molecule has 0 amide bonds. The van der Waals surface area contributed by atoms with Crippen molar-refractivity contribution in [3.63, 3.8) is 0 Å². The summed E-state index contributed by atoms with van der Waals surface area (Å²) < 4.78 is 10.6. The number of carbonyl (C=O) groups is 2. The van der Waals surface area contributed by atoms with Crippen molar-refractivity contribution in [2.24, 2.45) is 5.92 Å². The van der Waals surface area contributed by atoms with E-state index >= 15 is 0 Å². The first-order valence-electron chi connectivity index (χ1n) is 9.14. The minimum atomic E-state index is -0.300. The van der Waals surface area contributed by atoms with Crippen LogP contribution in [0.5, 0.6) is 0 Å². The second-order valence-corrected chi connectivity index (χ2v) is 6.94. The maximum Gasteiger partial charge on any atom is 0.306 e. The summed E-state index contributed by atoms with van der Waals surface area (Å²) in [5, 5.41) is 0. The molecule has 4 heteroatoms. The molecular weight excluding hydrogens is 292 g/mol. The summed E-state index contributed by atoms with van der Waals surface area (Å²) in [6, 6.07) is 0. The zero-order chi connectivity index (χ0) is 16.5. The largest absolute Gasteiger partial charge is 0.465 e. The van der Waals surface area contributed by atoms with Crippen LogP contribution in [0.2, 0.25) is 0 Å². The lowest BCUT2D eigenvalue weighted by atomic mass is 9.90. The van der Waals surface area contributed by atoms with E-state index in [1.807, 2.05) is 0 Å². The lowest BCUT2D eigenvalue weighted by Gasteiger charge is -2.21. The molecule has 0 aromatic heterocycles. The van der Waals surface area contributed by atoms with Gasteiger partial charge in [0.15, 0.2) is 0 Å². The van der Waals surface area contributed by atoms with Crippen LogP contribution in [0.3, 0.4) is 0 Å². The Morgan fingerprint density at radius 3 is 2.26 bits per heavy atom. The molecule has 2 rings (SSSR count). The third kappa shape index (κ3) is 6.76. The highest BCUT2D eigenvalue weighted by molar-refractivity contribution is 5.77. The van der Waals surface area contributed by atoms with Crippen molar-refractivity contribution in [3.8, 4) is 0 Å². The molecule has 0 radical (unpaired) electrons. The summed E-state index contributed by atoms with van der Waals surface area (Å²) in [5.74, 6) is -0.0630. The predicted octanol–water partition coefficient (Wildman–Crippen LogP) is 4.32. The van der Waals surface area contributed by atoms with E-state index in [0.717, 1.165) is 25.7 Å². The second-order valence-electron chi connectivity index (χ2n) is 6.94. The molecule has 0 aromatic rings. The Balaban J connectivity index is 1.57. The van der Waals surface area contributed by atoms with Crippen LogP contribution in [0.1, 0.15) is 77.6 Å².